The highest BCUT2D eigenvalue weighted by Crippen LogP contribution is 2.29. The first-order chi connectivity index (χ1) is 7.17. The minimum Gasteiger partial charge on any atom is -0.355 e. The highest BCUT2D eigenvalue weighted by molar-refractivity contribution is 5.85. The molecule has 4 heteroatoms. The fourth-order valence-electron chi connectivity index (χ4n) is 2.02. The normalized spacial score (nSPS) is 16.2. The zero-order chi connectivity index (χ0) is 11.3. The molecule has 0 radical (unpaired) electrons. The van der Waals surface area contributed by atoms with Crippen LogP contribution in [0.3, 0.4) is 0 Å². The van der Waals surface area contributed by atoms with Gasteiger partial charge in [-0.2, -0.15) is 0 Å². The summed E-state index contributed by atoms with van der Waals surface area (Å²) in [6.45, 7) is 9.18. The second kappa shape index (κ2) is 7.13. The van der Waals surface area contributed by atoms with Crippen molar-refractivity contribution in [1.29, 1.82) is 0 Å². The Morgan fingerprint density at radius 3 is 2.06 bits per heavy atom. The third-order valence-corrected chi connectivity index (χ3v) is 4.04. The van der Waals surface area contributed by atoms with Gasteiger partial charge in [-0.3, -0.25) is 4.79 Å². The Kier molecular flexibility index (Phi) is 7.00. The van der Waals surface area contributed by atoms with Crippen LogP contribution in [-0.2, 0) is 4.79 Å². The molecule has 2 N–H and O–H groups in total. The molecule has 0 saturated carbocycles. The molecule has 0 aromatic carbocycles. The molecule has 0 aromatic rings. The zero-order valence-electron chi connectivity index (χ0n) is 10.6. The summed E-state index contributed by atoms with van der Waals surface area (Å²) in [6, 6.07) is 0. The lowest BCUT2D eigenvalue weighted by Gasteiger charge is -2.33. The van der Waals surface area contributed by atoms with Crippen LogP contribution >= 0.6 is 12.4 Å². The third-order valence-electron chi connectivity index (χ3n) is 4.04. The molecular formula is C12H25ClN2O. The summed E-state index contributed by atoms with van der Waals surface area (Å²) in [6.07, 6.45) is 3.43. The molecule has 1 saturated heterocycles. The van der Waals surface area contributed by atoms with Gasteiger partial charge in [-0.1, -0.05) is 20.8 Å². The third kappa shape index (κ3) is 3.63. The van der Waals surface area contributed by atoms with E-state index in [2.05, 4.69) is 31.4 Å². The number of nitrogens with one attached hydrogen (secondary N) is 2. The molecular weight excluding hydrogens is 224 g/mol. The van der Waals surface area contributed by atoms with Gasteiger partial charge in [0.15, 0.2) is 0 Å². The molecule has 1 rings (SSSR count). The average molecular weight is 249 g/mol. The molecule has 1 amide bonds. The van der Waals surface area contributed by atoms with E-state index in [1.54, 1.807) is 0 Å². The molecule has 96 valence electrons. The molecule has 0 bridgehead atoms. The zero-order valence-corrected chi connectivity index (χ0v) is 11.5. The number of hydrogen-bond donors (Lipinski definition) is 2. The smallest absolute Gasteiger partial charge is 0.225 e. The Labute approximate surface area is 105 Å². The molecule has 0 spiro atoms. The van der Waals surface area contributed by atoms with Crippen molar-refractivity contribution in [3.63, 3.8) is 0 Å². The first-order valence-electron chi connectivity index (χ1n) is 6.16. The van der Waals surface area contributed by atoms with E-state index in [1.807, 2.05) is 0 Å². The van der Waals surface area contributed by atoms with Gasteiger partial charge in [0, 0.05) is 19.6 Å². The minimum atomic E-state index is 0. The van der Waals surface area contributed by atoms with Gasteiger partial charge in [-0.05, 0) is 24.7 Å². The number of amides is 1. The summed E-state index contributed by atoms with van der Waals surface area (Å²) in [5.41, 5.74) is 0.312. The van der Waals surface area contributed by atoms with E-state index < -0.39 is 0 Å². The van der Waals surface area contributed by atoms with E-state index in [0.29, 0.717) is 5.41 Å². The SMILES string of the molecule is CCC(CC)(CC)CNC(=O)C1CNC1.Cl. The Hall–Kier alpha value is -0.280. The van der Waals surface area contributed by atoms with E-state index in [-0.39, 0.29) is 24.2 Å². The van der Waals surface area contributed by atoms with Crippen molar-refractivity contribution < 1.29 is 4.79 Å². The fraction of sp³-hybridized carbons (Fsp3) is 0.917. The van der Waals surface area contributed by atoms with Crippen molar-refractivity contribution in [2.75, 3.05) is 19.6 Å². The van der Waals surface area contributed by atoms with Crippen LogP contribution in [0, 0.1) is 11.3 Å². The summed E-state index contributed by atoms with van der Waals surface area (Å²) in [5.74, 6) is 0.446. The van der Waals surface area contributed by atoms with Gasteiger partial charge >= 0.3 is 0 Å². The van der Waals surface area contributed by atoms with Crippen molar-refractivity contribution >= 4 is 18.3 Å². The molecule has 3 nitrogen and oxygen atoms in total. The maximum absolute atomic E-state index is 11.7. The van der Waals surface area contributed by atoms with Gasteiger partial charge in [-0.15, -0.1) is 12.4 Å². The molecule has 0 atom stereocenters. The van der Waals surface area contributed by atoms with Gasteiger partial charge in [0.1, 0.15) is 0 Å². The Balaban J connectivity index is 0.00000225. The monoisotopic (exact) mass is 248 g/mol. The van der Waals surface area contributed by atoms with Crippen LogP contribution in [0.15, 0.2) is 0 Å². The molecule has 0 unspecified atom stereocenters. The maximum Gasteiger partial charge on any atom is 0.225 e. The van der Waals surface area contributed by atoms with Crippen molar-refractivity contribution in [3.8, 4) is 0 Å². The van der Waals surface area contributed by atoms with Crippen LogP contribution < -0.4 is 10.6 Å². The van der Waals surface area contributed by atoms with Crippen LogP contribution in [0.25, 0.3) is 0 Å². The topological polar surface area (TPSA) is 41.1 Å². The Morgan fingerprint density at radius 1 is 1.25 bits per heavy atom. The van der Waals surface area contributed by atoms with E-state index in [0.717, 1.165) is 38.9 Å². The van der Waals surface area contributed by atoms with E-state index in [4.69, 9.17) is 0 Å². The summed E-state index contributed by atoms with van der Waals surface area (Å²) in [4.78, 5) is 11.7. The summed E-state index contributed by atoms with van der Waals surface area (Å²) in [5, 5.41) is 6.22. The van der Waals surface area contributed by atoms with Crippen LogP contribution in [0.4, 0.5) is 0 Å². The Bertz CT molecular complexity index is 205. The minimum absolute atomic E-state index is 0. The highest BCUT2D eigenvalue weighted by atomic mass is 35.5. The van der Waals surface area contributed by atoms with Crippen molar-refractivity contribution in [2.45, 2.75) is 40.0 Å². The molecule has 0 aromatic heterocycles. The van der Waals surface area contributed by atoms with Crippen LogP contribution in [-0.4, -0.2) is 25.5 Å². The van der Waals surface area contributed by atoms with Crippen molar-refractivity contribution in [1.82, 2.24) is 10.6 Å². The largest absolute Gasteiger partial charge is 0.355 e. The summed E-state index contributed by atoms with van der Waals surface area (Å²) >= 11 is 0. The van der Waals surface area contributed by atoms with Crippen LogP contribution in [0.2, 0.25) is 0 Å². The lowest BCUT2D eigenvalue weighted by Crippen LogP contribution is -2.52. The van der Waals surface area contributed by atoms with Gasteiger partial charge < -0.3 is 10.6 Å². The van der Waals surface area contributed by atoms with Crippen molar-refractivity contribution in [2.24, 2.45) is 11.3 Å². The number of halogens is 1. The molecule has 1 aliphatic rings. The van der Waals surface area contributed by atoms with Gasteiger partial charge in [0.2, 0.25) is 5.91 Å². The van der Waals surface area contributed by atoms with Crippen LogP contribution in [0.1, 0.15) is 40.0 Å². The first-order valence-corrected chi connectivity index (χ1v) is 6.16. The van der Waals surface area contributed by atoms with E-state index in [1.165, 1.54) is 0 Å². The van der Waals surface area contributed by atoms with E-state index in [9.17, 15) is 4.79 Å². The highest BCUT2D eigenvalue weighted by Gasteiger charge is 2.28. The van der Waals surface area contributed by atoms with E-state index >= 15 is 0 Å². The molecule has 0 aliphatic carbocycles. The molecule has 16 heavy (non-hydrogen) atoms. The standard InChI is InChI=1S/C12H24N2O.ClH/c1-4-12(5-2,6-3)9-14-11(15)10-7-13-8-10;/h10,13H,4-9H2,1-3H3,(H,14,15);1H. The number of carbonyl (C=O) groups is 1. The maximum atomic E-state index is 11.7. The first kappa shape index (κ1) is 15.7. The molecule has 1 aliphatic heterocycles. The summed E-state index contributed by atoms with van der Waals surface area (Å²) in [7, 11) is 0. The van der Waals surface area contributed by atoms with Gasteiger partial charge in [-0.25, -0.2) is 0 Å². The predicted molar refractivity (Wildman–Crippen MR) is 69.9 cm³/mol. The quantitative estimate of drug-likeness (QED) is 0.755. The van der Waals surface area contributed by atoms with Crippen LogP contribution in [0.5, 0.6) is 0 Å². The second-order valence-corrected chi connectivity index (χ2v) is 4.63. The van der Waals surface area contributed by atoms with Crippen molar-refractivity contribution in [3.05, 3.63) is 0 Å². The molecule has 1 fully saturated rings. The van der Waals surface area contributed by atoms with Gasteiger partial charge in [0.25, 0.3) is 0 Å². The average Bonchev–Trinajstić information content (AvgIpc) is 2.18. The number of carbonyl (C=O) groups excluding carboxylic acids is 1. The lowest BCUT2D eigenvalue weighted by atomic mass is 9.79. The summed E-state index contributed by atoms with van der Waals surface area (Å²) < 4.78 is 0. The lowest BCUT2D eigenvalue weighted by molar-refractivity contribution is -0.127. The van der Waals surface area contributed by atoms with Gasteiger partial charge in [0.05, 0.1) is 5.92 Å². The Morgan fingerprint density at radius 2 is 1.75 bits per heavy atom. The number of hydrogen-bond acceptors (Lipinski definition) is 2. The fourth-order valence-corrected chi connectivity index (χ4v) is 2.02. The molecule has 1 heterocycles. The predicted octanol–water partition coefficient (Wildman–Crippen LogP) is 1.96. The number of rotatable bonds is 6. The second-order valence-electron chi connectivity index (χ2n) is 4.63.